The van der Waals surface area contributed by atoms with Crippen LogP contribution in [0.15, 0.2) is 42.9 Å². The molecule has 1 aromatic carbocycles. The molecule has 0 spiro atoms. The Morgan fingerprint density at radius 1 is 1.12 bits per heavy atom. The highest BCUT2D eigenvalue weighted by Gasteiger charge is 2.47. The van der Waals surface area contributed by atoms with Gasteiger partial charge in [-0.25, -0.2) is 14.4 Å². The number of benzene rings is 1. The van der Waals surface area contributed by atoms with Crippen LogP contribution in [0.3, 0.4) is 0 Å². The van der Waals surface area contributed by atoms with Gasteiger partial charge in [0.1, 0.15) is 23.4 Å². The summed E-state index contributed by atoms with van der Waals surface area (Å²) in [5, 5.41) is 4.43. The topological polar surface area (TPSA) is 67.2 Å². The van der Waals surface area contributed by atoms with Crippen LogP contribution in [-0.2, 0) is 24.2 Å². The van der Waals surface area contributed by atoms with E-state index in [9.17, 15) is 9.18 Å². The molecule has 0 aliphatic carbocycles. The molecule has 2 aliphatic rings. The molecule has 1 fully saturated rings. The van der Waals surface area contributed by atoms with Crippen LogP contribution >= 0.6 is 13.5 Å². The summed E-state index contributed by atoms with van der Waals surface area (Å²) in [6.45, 7) is 8.45. The van der Waals surface area contributed by atoms with Crippen molar-refractivity contribution in [1.29, 1.82) is 0 Å². The highest BCUT2D eigenvalue weighted by atomic mass is 32.1. The minimum absolute atomic E-state index is 0. The Morgan fingerprint density at radius 3 is 2.62 bits per heavy atom. The number of anilines is 2. The van der Waals surface area contributed by atoms with Gasteiger partial charge >= 0.3 is 0 Å². The van der Waals surface area contributed by atoms with Crippen LogP contribution in [0, 0.1) is 11.2 Å². The van der Waals surface area contributed by atoms with Crippen LogP contribution in [0.25, 0.3) is 0 Å². The first kappa shape index (κ1) is 24.2. The molecule has 0 unspecified atom stereocenters. The van der Waals surface area contributed by atoms with Gasteiger partial charge in [-0.05, 0) is 48.4 Å². The first-order valence-corrected chi connectivity index (χ1v) is 11.5. The zero-order valence-corrected chi connectivity index (χ0v) is 20.8. The quantitative estimate of drug-likeness (QED) is 0.536. The lowest BCUT2D eigenvalue weighted by Gasteiger charge is -2.37. The molecule has 3 aromatic rings. The number of hydrogen-bond donors (Lipinski definition) is 0. The molecule has 0 bridgehead atoms. The Bertz CT molecular complexity index is 1180. The van der Waals surface area contributed by atoms with E-state index in [4.69, 9.17) is 4.98 Å². The fourth-order valence-corrected chi connectivity index (χ4v) is 4.92. The maximum absolute atomic E-state index is 13.1. The second-order valence-corrected chi connectivity index (χ2v) is 9.76. The van der Waals surface area contributed by atoms with E-state index in [-0.39, 0.29) is 36.7 Å². The van der Waals surface area contributed by atoms with E-state index in [1.807, 2.05) is 28.9 Å². The van der Waals surface area contributed by atoms with Crippen molar-refractivity contribution in [1.82, 2.24) is 19.7 Å². The standard InChI is InChI=1S/C25H29FN6O.H2S/c1-4-31-21-13-27-22(29-23(21)32-16-25(2,3)11-20(32)24(31)33)10-7-18-12-28-30(15-18)14-17-5-8-19(26)9-6-17;/h5-6,8-9,12-13,15,20H,4,7,10-11,14,16H2,1-3H3;1H2/t20-;/m0./s1. The van der Waals surface area contributed by atoms with E-state index >= 15 is 0 Å². The predicted octanol–water partition coefficient (Wildman–Crippen LogP) is 3.73. The summed E-state index contributed by atoms with van der Waals surface area (Å²) in [4.78, 5) is 26.5. The number of carbonyl (C=O) groups is 1. The van der Waals surface area contributed by atoms with Crippen LogP contribution in [0.5, 0.6) is 0 Å². The number of hydrogen-bond acceptors (Lipinski definition) is 5. The van der Waals surface area contributed by atoms with E-state index in [0.29, 0.717) is 19.5 Å². The molecule has 0 radical (unpaired) electrons. The van der Waals surface area contributed by atoms with Crippen molar-refractivity contribution >= 4 is 30.9 Å². The number of amides is 1. The number of aromatic nitrogens is 4. The summed E-state index contributed by atoms with van der Waals surface area (Å²) in [6, 6.07) is 6.34. The summed E-state index contributed by atoms with van der Waals surface area (Å²) in [5.41, 5.74) is 2.99. The highest BCUT2D eigenvalue weighted by molar-refractivity contribution is 7.59. The summed E-state index contributed by atoms with van der Waals surface area (Å²) >= 11 is 0. The van der Waals surface area contributed by atoms with Gasteiger partial charge in [-0.2, -0.15) is 18.6 Å². The number of carbonyl (C=O) groups excluding carboxylic acids is 1. The van der Waals surface area contributed by atoms with Gasteiger partial charge in [-0.15, -0.1) is 0 Å². The lowest BCUT2D eigenvalue weighted by atomic mass is 9.90. The molecule has 34 heavy (non-hydrogen) atoms. The minimum atomic E-state index is -0.236. The van der Waals surface area contributed by atoms with Gasteiger partial charge in [0, 0.05) is 25.7 Å². The van der Waals surface area contributed by atoms with Gasteiger partial charge in [0.05, 0.1) is 18.9 Å². The molecule has 5 rings (SSSR count). The van der Waals surface area contributed by atoms with Gasteiger partial charge in [0.15, 0.2) is 5.82 Å². The van der Waals surface area contributed by atoms with Gasteiger partial charge < -0.3 is 9.80 Å². The molecule has 1 saturated heterocycles. The average Bonchev–Trinajstić information content (AvgIpc) is 3.37. The molecule has 4 heterocycles. The Hall–Kier alpha value is -2.94. The maximum atomic E-state index is 13.1. The van der Waals surface area contributed by atoms with Gasteiger partial charge in [0.2, 0.25) is 5.91 Å². The number of rotatable bonds is 6. The fourth-order valence-electron chi connectivity index (χ4n) is 4.92. The number of fused-ring (bicyclic) bond motifs is 3. The van der Waals surface area contributed by atoms with E-state index in [1.54, 1.807) is 18.3 Å². The summed E-state index contributed by atoms with van der Waals surface area (Å²) in [5.74, 6) is 1.57. The second kappa shape index (κ2) is 9.37. The lowest BCUT2D eigenvalue weighted by Crippen LogP contribution is -2.51. The van der Waals surface area contributed by atoms with Crippen LogP contribution in [0.2, 0.25) is 0 Å². The predicted molar refractivity (Wildman–Crippen MR) is 135 cm³/mol. The molecule has 0 saturated carbocycles. The highest BCUT2D eigenvalue weighted by Crippen LogP contribution is 2.44. The average molecular weight is 483 g/mol. The normalized spacial score (nSPS) is 18.5. The molecule has 2 aliphatic heterocycles. The first-order chi connectivity index (χ1) is 15.8. The van der Waals surface area contributed by atoms with Gasteiger partial charge in [-0.3, -0.25) is 9.48 Å². The third-order valence-electron chi connectivity index (χ3n) is 6.53. The molecular formula is C25H31FN6OS. The zero-order chi connectivity index (χ0) is 23.2. The second-order valence-electron chi connectivity index (χ2n) is 9.76. The van der Waals surface area contributed by atoms with Crippen molar-refractivity contribution in [2.24, 2.45) is 5.41 Å². The maximum Gasteiger partial charge on any atom is 0.249 e. The van der Waals surface area contributed by atoms with Gasteiger partial charge in [-0.1, -0.05) is 26.0 Å². The summed E-state index contributed by atoms with van der Waals surface area (Å²) < 4.78 is 15.0. The smallest absolute Gasteiger partial charge is 0.249 e. The van der Waals surface area contributed by atoms with Crippen molar-refractivity contribution < 1.29 is 9.18 Å². The summed E-state index contributed by atoms with van der Waals surface area (Å²) in [6.07, 6.45) is 7.98. The molecule has 2 aromatic heterocycles. The van der Waals surface area contributed by atoms with E-state index < -0.39 is 0 Å². The van der Waals surface area contributed by atoms with Crippen molar-refractivity contribution in [3.05, 3.63) is 65.6 Å². The largest absolute Gasteiger partial charge is 0.342 e. The van der Waals surface area contributed by atoms with Crippen LogP contribution in [0.4, 0.5) is 15.9 Å². The molecule has 1 amide bonds. The van der Waals surface area contributed by atoms with E-state index in [2.05, 4.69) is 28.8 Å². The molecule has 7 nitrogen and oxygen atoms in total. The minimum Gasteiger partial charge on any atom is -0.342 e. The number of nitrogens with zero attached hydrogens (tertiary/aromatic N) is 6. The van der Waals surface area contributed by atoms with E-state index in [1.165, 1.54) is 12.1 Å². The van der Waals surface area contributed by atoms with E-state index in [0.717, 1.165) is 47.8 Å². The van der Waals surface area contributed by atoms with Crippen molar-refractivity contribution in [3.63, 3.8) is 0 Å². The Morgan fingerprint density at radius 2 is 1.88 bits per heavy atom. The zero-order valence-electron chi connectivity index (χ0n) is 19.8. The van der Waals surface area contributed by atoms with Crippen LogP contribution in [-0.4, -0.2) is 44.8 Å². The molecular weight excluding hydrogens is 451 g/mol. The Kier molecular flexibility index (Phi) is 6.66. The first-order valence-electron chi connectivity index (χ1n) is 11.5. The Labute approximate surface area is 206 Å². The molecule has 1 atom stereocenters. The number of likely N-dealkylation sites (N-methyl/N-ethyl adjacent to an activating group) is 1. The fraction of sp³-hybridized carbons (Fsp3) is 0.440. The number of aryl methyl sites for hydroxylation is 2. The Balaban J connectivity index is 0.00000274. The molecule has 180 valence electrons. The summed E-state index contributed by atoms with van der Waals surface area (Å²) in [7, 11) is 0. The van der Waals surface area contributed by atoms with Crippen LogP contribution in [0.1, 0.15) is 44.1 Å². The van der Waals surface area contributed by atoms with Crippen LogP contribution < -0.4 is 9.80 Å². The number of halogens is 1. The van der Waals surface area contributed by atoms with Crippen molar-refractivity contribution in [2.75, 3.05) is 22.9 Å². The third-order valence-corrected chi connectivity index (χ3v) is 6.53. The third kappa shape index (κ3) is 4.66. The monoisotopic (exact) mass is 482 g/mol. The van der Waals surface area contributed by atoms with Crippen molar-refractivity contribution in [2.45, 2.75) is 52.6 Å². The molecule has 9 heteroatoms. The molecule has 0 N–H and O–H groups in total. The SMILES string of the molecule is CCN1C(=O)[C@@H]2CC(C)(C)CN2c2nc(CCc3cnn(Cc4ccc(F)cc4)c3)ncc21.S. The van der Waals surface area contributed by atoms with Crippen molar-refractivity contribution in [3.8, 4) is 0 Å². The lowest BCUT2D eigenvalue weighted by molar-refractivity contribution is -0.120. The van der Waals surface area contributed by atoms with Gasteiger partial charge in [0.25, 0.3) is 0 Å².